The minimum absolute atomic E-state index is 0.0130. The molecule has 120 valence electrons. The van der Waals surface area contributed by atoms with Gasteiger partial charge in [-0.25, -0.2) is 4.79 Å². The average Bonchev–Trinajstić information content (AvgIpc) is 3.19. The highest BCUT2D eigenvalue weighted by Crippen LogP contribution is 2.35. The Hall–Kier alpha value is -2.41. The van der Waals surface area contributed by atoms with Crippen molar-refractivity contribution in [3.63, 3.8) is 0 Å². The lowest BCUT2D eigenvalue weighted by molar-refractivity contribution is -0.385. The van der Waals surface area contributed by atoms with Gasteiger partial charge < -0.3 is 10.2 Å². The van der Waals surface area contributed by atoms with Gasteiger partial charge in [-0.05, 0) is 37.3 Å². The Kier molecular flexibility index (Phi) is 4.29. The number of hydrogen-bond donors (Lipinski definition) is 1. The van der Waals surface area contributed by atoms with Crippen LogP contribution in [0.1, 0.15) is 29.3 Å². The largest absolute Gasteiger partial charge is 0.322 e. The van der Waals surface area contributed by atoms with E-state index in [1.165, 1.54) is 10.9 Å². The van der Waals surface area contributed by atoms with E-state index in [-0.39, 0.29) is 17.8 Å². The fourth-order valence-electron chi connectivity index (χ4n) is 2.93. The van der Waals surface area contributed by atoms with Crippen LogP contribution in [-0.2, 0) is 0 Å². The molecule has 0 bridgehead atoms. The normalized spacial score (nSPS) is 17.3. The number of thiophene rings is 1. The summed E-state index contributed by atoms with van der Waals surface area (Å²) in [6.07, 6.45) is 1.91. The van der Waals surface area contributed by atoms with Crippen molar-refractivity contribution < 1.29 is 9.72 Å². The highest BCUT2D eigenvalue weighted by Gasteiger charge is 2.31. The standard InChI is InChI=1S/C16H17N3O3S/c1-11-12(5-2-6-13(11)19(21)22)17-16(20)18-9-3-7-14(18)15-8-4-10-23-15/h2,4-6,8,10,14H,3,7,9H2,1H3,(H,17,20)/t14-/m1/s1. The Balaban J connectivity index is 1.79. The first-order chi connectivity index (χ1) is 11.1. The maximum Gasteiger partial charge on any atom is 0.322 e. The second kappa shape index (κ2) is 6.37. The molecule has 1 aromatic heterocycles. The Morgan fingerprint density at radius 3 is 2.91 bits per heavy atom. The van der Waals surface area contributed by atoms with Gasteiger partial charge in [0.05, 0.1) is 22.2 Å². The Morgan fingerprint density at radius 1 is 1.39 bits per heavy atom. The number of nitrogens with zero attached hydrogens (tertiary/aromatic N) is 2. The van der Waals surface area contributed by atoms with E-state index < -0.39 is 4.92 Å². The SMILES string of the molecule is Cc1c(NC(=O)N2CCC[C@@H]2c2cccs2)cccc1[N+](=O)[O-]. The summed E-state index contributed by atoms with van der Waals surface area (Å²) in [4.78, 5) is 26.2. The van der Waals surface area contributed by atoms with E-state index in [1.54, 1.807) is 30.4 Å². The van der Waals surface area contributed by atoms with E-state index in [2.05, 4.69) is 5.32 Å². The van der Waals surface area contributed by atoms with Crippen molar-refractivity contribution in [3.05, 3.63) is 56.3 Å². The summed E-state index contributed by atoms with van der Waals surface area (Å²) in [6, 6.07) is 8.63. The lowest BCUT2D eigenvalue weighted by Crippen LogP contribution is -2.34. The molecule has 6 nitrogen and oxygen atoms in total. The van der Waals surface area contributed by atoms with Gasteiger partial charge in [0.2, 0.25) is 0 Å². The molecule has 1 fully saturated rings. The highest BCUT2D eigenvalue weighted by molar-refractivity contribution is 7.10. The van der Waals surface area contributed by atoms with E-state index in [9.17, 15) is 14.9 Å². The fraction of sp³-hybridized carbons (Fsp3) is 0.312. The third-order valence-electron chi connectivity index (χ3n) is 4.13. The molecule has 1 aliphatic heterocycles. The number of nitro groups is 1. The van der Waals surface area contributed by atoms with Crippen molar-refractivity contribution in [1.82, 2.24) is 4.90 Å². The first kappa shape index (κ1) is 15.5. The van der Waals surface area contributed by atoms with Crippen LogP contribution < -0.4 is 5.32 Å². The van der Waals surface area contributed by atoms with Crippen LogP contribution in [0.3, 0.4) is 0 Å². The minimum Gasteiger partial charge on any atom is -0.317 e. The Morgan fingerprint density at radius 2 is 2.22 bits per heavy atom. The molecule has 2 aromatic rings. The molecule has 23 heavy (non-hydrogen) atoms. The van der Waals surface area contributed by atoms with Gasteiger partial charge in [-0.3, -0.25) is 10.1 Å². The van der Waals surface area contributed by atoms with Crippen molar-refractivity contribution >= 4 is 28.7 Å². The smallest absolute Gasteiger partial charge is 0.317 e. The number of urea groups is 1. The first-order valence-electron chi connectivity index (χ1n) is 7.43. The molecule has 0 saturated carbocycles. The summed E-state index contributed by atoms with van der Waals surface area (Å²) in [6.45, 7) is 2.34. The summed E-state index contributed by atoms with van der Waals surface area (Å²) < 4.78 is 0. The third kappa shape index (κ3) is 3.05. The van der Waals surface area contributed by atoms with Crippen LogP contribution >= 0.6 is 11.3 Å². The predicted molar refractivity (Wildman–Crippen MR) is 89.9 cm³/mol. The fourth-order valence-corrected chi connectivity index (χ4v) is 3.80. The molecule has 1 atom stereocenters. The minimum atomic E-state index is -0.435. The van der Waals surface area contributed by atoms with E-state index in [0.717, 1.165) is 12.8 Å². The summed E-state index contributed by atoms with van der Waals surface area (Å²) >= 11 is 1.65. The van der Waals surface area contributed by atoms with Crippen LogP contribution in [0.4, 0.5) is 16.2 Å². The summed E-state index contributed by atoms with van der Waals surface area (Å²) in [5, 5.41) is 15.8. The zero-order valence-corrected chi connectivity index (χ0v) is 13.5. The van der Waals surface area contributed by atoms with Gasteiger partial charge >= 0.3 is 6.03 Å². The van der Waals surface area contributed by atoms with Crippen LogP contribution in [0.15, 0.2) is 35.7 Å². The molecular formula is C16H17N3O3S. The second-order valence-corrected chi connectivity index (χ2v) is 6.48. The summed E-state index contributed by atoms with van der Waals surface area (Å²) in [5.74, 6) is 0. The van der Waals surface area contributed by atoms with Crippen molar-refractivity contribution in [2.75, 3.05) is 11.9 Å². The number of amides is 2. The van der Waals surface area contributed by atoms with E-state index in [0.29, 0.717) is 17.8 Å². The summed E-state index contributed by atoms with van der Waals surface area (Å²) in [5.41, 5.74) is 0.970. The second-order valence-electron chi connectivity index (χ2n) is 5.50. The Labute approximate surface area is 137 Å². The van der Waals surface area contributed by atoms with Gasteiger partial charge in [0.25, 0.3) is 5.69 Å². The molecule has 1 saturated heterocycles. The predicted octanol–water partition coefficient (Wildman–Crippen LogP) is 4.33. The highest BCUT2D eigenvalue weighted by atomic mass is 32.1. The van der Waals surface area contributed by atoms with Gasteiger partial charge in [-0.2, -0.15) is 0 Å². The van der Waals surface area contributed by atoms with Gasteiger partial charge in [-0.1, -0.05) is 12.1 Å². The average molecular weight is 331 g/mol. The molecule has 0 unspecified atom stereocenters. The van der Waals surface area contributed by atoms with Crippen molar-refractivity contribution in [1.29, 1.82) is 0 Å². The Bertz CT molecular complexity index is 730. The maximum absolute atomic E-state index is 12.6. The van der Waals surface area contributed by atoms with Crippen molar-refractivity contribution in [2.45, 2.75) is 25.8 Å². The molecule has 1 aromatic carbocycles. The monoisotopic (exact) mass is 331 g/mol. The molecule has 0 spiro atoms. The molecule has 2 amide bonds. The van der Waals surface area contributed by atoms with E-state index in [4.69, 9.17) is 0 Å². The lowest BCUT2D eigenvalue weighted by atomic mass is 10.1. The van der Waals surface area contributed by atoms with Gasteiger partial charge in [0.15, 0.2) is 0 Å². The van der Waals surface area contributed by atoms with Crippen LogP contribution in [0.25, 0.3) is 0 Å². The van der Waals surface area contributed by atoms with Crippen molar-refractivity contribution in [2.24, 2.45) is 0 Å². The molecule has 1 aliphatic rings. The summed E-state index contributed by atoms with van der Waals surface area (Å²) in [7, 11) is 0. The third-order valence-corrected chi connectivity index (χ3v) is 5.10. The molecule has 3 rings (SSSR count). The molecular weight excluding hydrogens is 314 g/mol. The molecule has 7 heteroatoms. The quantitative estimate of drug-likeness (QED) is 0.671. The number of benzene rings is 1. The van der Waals surface area contributed by atoms with Gasteiger partial charge in [0, 0.05) is 17.5 Å². The van der Waals surface area contributed by atoms with Crippen molar-refractivity contribution in [3.8, 4) is 0 Å². The van der Waals surface area contributed by atoms with Gasteiger partial charge in [-0.15, -0.1) is 11.3 Å². The van der Waals surface area contributed by atoms with Crippen LogP contribution in [-0.4, -0.2) is 22.4 Å². The van der Waals surface area contributed by atoms with Crippen LogP contribution in [0, 0.1) is 17.0 Å². The topological polar surface area (TPSA) is 75.5 Å². The number of rotatable bonds is 3. The number of carbonyl (C=O) groups excluding carboxylic acids is 1. The molecule has 2 heterocycles. The molecule has 1 N–H and O–H groups in total. The number of nitro benzene ring substituents is 1. The van der Waals surface area contributed by atoms with E-state index >= 15 is 0 Å². The van der Waals surface area contributed by atoms with Crippen LogP contribution in [0.2, 0.25) is 0 Å². The van der Waals surface area contributed by atoms with Gasteiger partial charge in [0.1, 0.15) is 0 Å². The molecule has 0 radical (unpaired) electrons. The number of carbonyl (C=O) groups is 1. The number of likely N-dealkylation sites (tertiary alicyclic amines) is 1. The van der Waals surface area contributed by atoms with Crippen LogP contribution in [0.5, 0.6) is 0 Å². The number of nitrogens with one attached hydrogen (secondary N) is 1. The zero-order valence-electron chi connectivity index (χ0n) is 12.7. The first-order valence-corrected chi connectivity index (χ1v) is 8.31. The van der Waals surface area contributed by atoms with E-state index in [1.807, 2.05) is 22.4 Å². The lowest BCUT2D eigenvalue weighted by Gasteiger charge is -2.24. The maximum atomic E-state index is 12.6. The zero-order chi connectivity index (χ0) is 16.4. The number of anilines is 1. The molecule has 0 aliphatic carbocycles. The number of hydrogen-bond acceptors (Lipinski definition) is 4.